The van der Waals surface area contributed by atoms with E-state index in [0.717, 1.165) is 12.1 Å². The van der Waals surface area contributed by atoms with Gasteiger partial charge in [0.1, 0.15) is 6.04 Å². The van der Waals surface area contributed by atoms with Crippen LogP contribution >= 0.6 is 0 Å². The third-order valence-electron chi connectivity index (χ3n) is 3.26. The molecule has 4 nitrogen and oxygen atoms in total. The molecule has 1 amide bonds. The summed E-state index contributed by atoms with van der Waals surface area (Å²) in [5.74, 6) is 0.0870. The zero-order valence-corrected chi connectivity index (χ0v) is 10.5. The number of hydrogen-bond donors (Lipinski definition) is 1. The standard InChI is InChI=1S/C14H17N3O/c1-2-17(9-5-8-15)14(18)13-10-11-6-3-4-7-12(11)16-13/h3-4,6-7,13,16H,2,5,9-10H2,1H3. The topological polar surface area (TPSA) is 56.1 Å². The Morgan fingerprint density at radius 2 is 2.33 bits per heavy atom. The van der Waals surface area contributed by atoms with Crippen molar-refractivity contribution in [1.29, 1.82) is 5.26 Å². The monoisotopic (exact) mass is 243 g/mol. The number of nitrogens with zero attached hydrogens (tertiary/aromatic N) is 2. The zero-order chi connectivity index (χ0) is 13.0. The van der Waals surface area contributed by atoms with E-state index in [-0.39, 0.29) is 11.9 Å². The molecule has 0 saturated heterocycles. The van der Waals surface area contributed by atoms with Crippen molar-refractivity contribution in [2.75, 3.05) is 18.4 Å². The van der Waals surface area contributed by atoms with Crippen LogP contribution in [-0.2, 0) is 11.2 Å². The van der Waals surface area contributed by atoms with Gasteiger partial charge in [0.05, 0.1) is 12.5 Å². The lowest BCUT2D eigenvalue weighted by molar-refractivity contribution is -0.131. The molecule has 1 aliphatic heterocycles. The number of nitrogens with one attached hydrogen (secondary N) is 1. The number of benzene rings is 1. The fourth-order valence-electron chi connectivity index (χ4n) is 2.28. The maximum atomic E-state index is 12.3. The molecule has 0 aromatic heterocycles. The van der Waals surface area contributed by atoms with E-state index in [2.05, 4.69) is 11.4 Å². The molecular formula is C14H17N3O. The van der Waals surface area contributed by atoms with Crippen molar-refractivity contribution in [3.05, 3.63) is 29.8 Å². The summed E-state index contributed by atoms with van der Waals surface area (Å²) in [7, 11) is 0. The summed E-state index contributed by atoms with van der Waals surface area (Å²) in [6, 6.07) is 9.89. The molecule has 0 saturated carbocycles. The molecule has 1 N–H and O–H groups in total. The summed E-state index contributed by atoms with van der Waals surface area (Å²) in [4.78, 5) is 14.0. The first-order chi connectivity index (χ1) is 8.76. The van der Waals surface area contributed by atoms with Crippen molar-refractivity contribution >= 4 is 11.6 Å². The second kappa shape index (κ2) is 5.54. The first-order valence-electron chi connectivity index (χ1n) is 6.26. The van der Waals surface area contributed by atoms with Crippen molar-refractivity contribution in [3.8, 4) is 6.07 Å². The van der Waals surface area contributed by atoms with Gasteiger partial charge in [-0.25, -0.2) is 0 Å². The summed E-state index contributed by atoms with van der Waals surface area (Å²) in [5.41, 5.74) is 2.24. The van der Waals surface area contributed by atoms with Gasteiger partial charge in [0.2, 0.25) is 5.91 Å². The number of carbonyl (C=O) groups is 1. The molecule has 2 rings (SSSR count). The number of carbonyl (C=O) groups excluding carboxylic acids is 1. The van der Waals surface area contributed by atoms with Crippen LogP contribution in [0.4, 0.5) is 5.69 Å². The number of hydrogen-bond acceptors (Lipinski definition) is 3. The Morgan fingerprint density at radius 1 is 1.56 bits per heavy atom. The normalized spacial score (nSPS) is 16.6. The van der Waals surface area contributed by atoms with Gasteiger partial charge >= 0.3 is 0 Å². The van der Waals surface area contributed by atoms with Crippen LogP contribution in [0.3, 0.4) is 0 Å². The Hall–Kier alpha value is -2.02. The highest BCUT2D eigenvalue weighted by Gasteiger charge is 2.29. The number of likely N-dealkylation sites (N-methyl/N-ethyl adjacent to an activating group) is 1. The fraction of sp³-hybridized carbons (Fsp3) is 0.429. The van der Waals surface area contributed by atoms with Gasteiger partial charge in [-0.15, -0.1) is 0 Å². The van der Waals surface area contributed by atoms with Gasteiger partial charge in [0.25, 0.3) is 0 Å². The fourth-order valence-corrected chi connectivity index (χ4v) is 2.28. The molecule has 0 spiro atoms. The van der Waals surface area contributed by atoms with E-state index in [4.69, 9.17) is 5.26 Å². The smallest absolute Gasteiger partial charge is 0.245 e. The van der Waals surface area contributed by atoms with Gasteiger partial charge in [0, 0.05) is 25.2 Å². The maximum absolute atomic E-state index is 12.3. The third kappa shape index (κ3) is 2.45. The van der Waals surface area contributed by atoms with E-state index in [1.807, 2.05) is 31.2 Å². The lowest BCUT2D eigenvalue weighted by Crippen LogP contribution is -2.42. The molecule has 1 unspecified atom stereocenters. The molecule has 18 heavy (non-hydrogen) atoms. The molecule has 0 bridgehead atoms. The molecule has 1 atom stereocenters. The molecule has 1 aromatic rings. The predicted molar refractivity (Wildman–Crippen MR) is 70.0 cm³/mol. The SMILES string of the molecule is CCN(CCC#N)C(=O)C1Cc2ccccc2N1. The van der Waals surface area contributed by atoms with Gasteiger partial charge in [-0.05, 0) is 18.6 Å². The largest absolute Gasteiger partial charge is 0.373 e. The molecule has 0 fully saturated rings. The molecule has 1 aliphatic rings. The number of fused-ring (bicyclic) bond motifs is 1. The number of amides is 1. The van der Waals surface area contributed by atoms with Gasteiger partial charge in [-0.2, -0.15) is 5.26 Å². The Labute approximate surface area is 107 Å². The number of nitriles is 1. The van der Waals surface area contributed by atoms with Gasteiger partial charge in [0.15, 0.2) is 0 Å². The molecule has 0 radical (unpaired) electrons. The van der Waals surface area contributed by atoms with Crippen LogP contribution in [0.1, 0.15) is 18.9 Å². The predicted octanol–water partition coefficient (Wildman–Crippen LogP) is 1.79. The third-order valence-corrected chi connectivity index (χ3v) is 3.26. The average molecular weight is 243 g/mol. The van der Waals surface area contributed by atoms with Crippen LogP contribution in [0, 0.1) is 11.3 Å². The molecule has 94 valence electrons. The highest BCUT2D eigenvalue weighted by Crippen LogP contribution is 2.25. The first-order valence-corrected chi connectivity index (χ1v) is 6.26. The lowest BCUT2D eigenvalue weighted by atomic mass is 10.1. The van der Waals surface area contributed by atoms with Gasteiger partial charge in [-0.3, -0.25) is 4.79 Å². The minimum atomic E-state index is -0.180. The molecule has 1 heterocycles. The Morgan fingerprint density at radius 3 is 3.00 bits per heavy atom. The van der Waals surface area contributed by atoms with Crippen molar-refractivity contribution in [2.24, 2.45) is 0 Å². The minimum Gasteiger partial charge on any atom is -0.373 e. The quantitative estimate of drug-likeness (QED) is 0.877. The Kier molecular flexibility index (Phi) is 3.83. The van der Waals surface area contributed by atoms with Crippen molar-refractivity contribution in [1.82, 2.24) is 4.90 Å². The second-order valence-corrected chi connectivity index (χ2v) is 4.38. The van der Waals surface area contributed by atoms with E-state index in [1.54, 1.807) is 4.90 Å². The summed E-state index contributed by atoms with van der Waals surface area (Å²) in [5, 5.41) is 11.8. The van der Waals surface area contributed by atoms with Crippen molar-refractivity contribution in [2.45, 2.75) is 25.8 Å². The van der Waals surface area contributed by atoms with Crippen molar-refractivity contribution in [3.63, 3.8) is 0 Å². The molecule has 4 heteroatoms. The number of anilines is 1. The summed E-state index contributed by atoms with van der Waals surface area (Å²) in [6.45, 7) is 3.10. The second-order valence-electron chi connectivity index (χ2n) is 4.38. The highest BCUT2D eigenvalue weighted by atomic mass is 16.2. The number of para-hydroxylation sites is 1. The van der Waals surface area contributed by atoms with E-state index in [9.17, 15) is 4.79 Å². The van der Waals surface area contributed by atoms with Crippen LogP contribution in [0.15, 0.2) is 24.3 Å². The molecule has 0 aliphatic carbocycles. The Balaban J connectivity index is 2.02. The summed E-state index contributed by atoms with van der Waals surface area (Å²) >= 11 is 0. The number of rotatable bonds is 4. The van der Waals surface area contributed by atoms with E-state index in [0.29, 0.717) is 19.5 Å². The summed E-state index contributed by atoms with van der Waals surface area (Å²) < 4.78 is 0. The summed E-state index contributed by atoms with van der Waals surface area (Å²) in [6.07, 6.45) is 1.12. The van der Waals surface area contributed by atoms with E-state index >= 15 is 0 Å². The zero-order valence-electron chi connectivity index (χ0n) is 10.5. The average Bonchev–Trinajstić information content (AvgIpc) is 2.83. The maximum Gasteiger partial charge on any atom is 0.245 e. The van der Waals surface area contributed by atoms with Gasteiger partial charge < -0.3 is 10.2 Å². The van der Waals surface area contributed by atoms with Crippen LogP contribution in [0.2, 0.25) is 0 Å². The van der Waals surface area contributed by atoms with E-state index in [1.165, 1.54) is 5.56 Å². The van der Waals surface area contributed by atoms with Crippen molar-refractivity contribution < 1.29 is 4.79 Å². The van der Waals surface area contributed by atoms with Gasteiger partial charge in [-0.1, -0.05) is 18.2 Å². The molecular weight excluding hydrogens is 226 g/mol. The van der Waals surface area contributed by atoms with E-state index < -0.39 is 0 Å². The van der Waals surface area contributed by atoms with Crippen LogP contribution < -0.4 is 5.32 Å². The van der Waals surface area contributed by atoms with Crippen LogP contribution in [-0.4, -0.2) is 29.9 Å². The minimum absolute atomic E-state index is 0.0870. The molecule has 1 aromatic carbocycles. The highest BCUT2D eigenvalue weighted by molar-refractivity contribution is 5.87. The van der Waals surface area contributed by atoms with Crippen LogP contribution in [0.5, 0.6) is 0 Å². The van der Waals surface area contributed by atoms with Crippen LogP contribution in [0.25, 0.3) is 0 Å². The first kappa shape index (κ1) is 12.4. The lowest BCUT2D eigenvalue weighted by Gasteiger charge is -2.23. The Bertz CT molecular complexity index is 453.